The van der Waals surface area contributed by atoms with Crippen molar-refractivity contribution in [3.05, 3.63) is 29.8 Å². The van der Waals surface area contributed by atoms with E-state index in [4.69, 9.17) is 0 Å². The zero-order valence-corrected chi connectivity index (χ0v) is 14.3. The van der Waals surface area contributed by atoms with Gasteiger partial charge in [-0.25, -0.2) is 0 Å². The lowest BCUT2D eigenvalue weighted by molar-refractivity contribution is -0.132. The van der Waals surface area contributed by atoms with Gasteiger partial charge in [0.05, 0.1) is 0 Å². The van der Waals surface area contributed by atoms with Gasteiger partial charge in [0.15, 0.2) is 0 Å². The van der Waals surface area contributed by atoms with Gasteiger partial charge >= 0.3 is 0 Å². The summed E-state index contributed by atoms with van der Waals surface area (Å²) in [5, 5.41) is 12.5. The average Bonchev–Trinajstić information content (AvgIpc) is 3.03. The van der Waals surface area contributed by atoms with Crippen molar-refractivity contribution in [2.75, 3.05) is 13.1 Å². The van der Waals surface area contributed by atoms with E-state index in [1.165, 1.54) is 29.6 Å². The van der Waals surface area contributed by atoms with Gasteiger partial charge in [0.1, 0.15) is 6.54 Å². The Kier molecular flexibility index (Phi) is 5.56. The molecule has 1 aliphatic rings. The monoisotopic (exact) mass is 327 g/mol. The first-order chi connectivity index (χ1) is 11.8. The van der Waals surface area contributed by atoms with E-state index in [-0.39, 0.29) is 12.5 Å². The molecule has 0 atom stereocenters. The molecule has 0 saturated carbocycles. The van der Waals surface area contributed by atoms with Crippen molar-refractivity contribution in [1.82, 2.24) is 25.1 Å². The molecule has 1 aromatic heterocycles. The summed E-state index contributed by atoms with van der Waals surface area (Å²) in [7, 11) is 0. The summed E-state index contributed by atoms with van der Waals surface area (Å²) < 4.78 is 0. The average molecular weight is 327 g/mol. The van der Waals surface area contributed by atoms with Crippen LogP contribution in [0.5, 0.6) is 0 Å². The molecule has 2 heterocycles. The van der Waals surface area contributed by atoms with E-state index >= 15 is 0 Å². The van der Waals surface area contributed by atoms with Crippen LogP contribution in [-0.2, 0) is 17.8 Å². The molecule has 3 rings (SSSR count). The van der Waals surface area contributed by atoms with Gasteiger partial charge in [0.25, 0.3) is 0 Å². The first-order valence-corrected chi connectivity index (χ1v) is 8.91. The number of aryl methyl sites for hydroxylation is 1. The molecule has 0 spiro atoms. The van der Waals surface area contributed by atoms with Crippen molar-refractivity contribution < 1.29 is 4.79 Å². The first kappa shape index (κ1) is 16.6. The fraction of sp³-hybridized carbons (Fsp3) is 0.556. The fourth-order valence-electron chi connectivity index (χ4n) is 3.03. The summed E-state index contributed by atoms with van der Waals surface area (Å²) >= 11 is 0. The number of hydrogen-bond acceptors (Lipinski definition) is 4. The Morgan fingerprint density at radius 2 is 1.71 bits per heavy atom. The number of aromatic nitrogens is 4. The lowest BCUT2D eigenvalue weighted by atomic mass is 10.1. The number of rotatable bonds is 4. The second kappa shape index (κ2) is 8.04. The molecular weight excluding hydrogens is 302 g/mol. The van der Waals surface area contributed by atoms with Crippen LogP contribution >= 0.6 is 0 Å². The van der Waals surface area contributed by atoms with Crippen LogP contribution in [0.3, 0.4) is 0 Å². The second-order valence-corrected chi connectivity index (χ2v) is 6.34. The standard InChI is InChI=1S/C18H25N5O/c1-2-15-8-10-16(11-9-15)18-19-21-23(20-18)14-17(24)22-12-6-4-3-5-7-13-22/h8-11H,2-7,12-14H2,1H3. The third kappa shape index (κ3) is 4.19. The SMILES string of the molecule is CCc1ccc(-c2nnn(CC(=O)N3CCCCCCC3)n2)cc1. The van der Waals surface area contributed by atoms with Gasteiger partial charge in [-0.2, -0.15) is 4.80 Å². The molecule has 0 radical (unpaired) electrons. The van der Waals surface area contributed by atoms with Crippen LogP contribution in [0.25, 0.3) is 11.4 Å². The largest absolute Gasteiger partial charge is 0.341 e. The minimum atomic E-state index is 0.0854. The van der Waals surface area contributed by atoms with Crippen molar-refractivity contribution in [1.29, 1.82) is 0 Å². The molecule has 1 fully saturated rings. The van der Waals surface area contributed by atoms with E-state index in [1.807, 2.05) is 17.0 Å². The molecule has 0 unspecified atom stereocenters. The van der Waals surface area contributed by atoms with Gasteiger partial charge in [-0.05, 0) is 30.0 Å². The van der Waals surface area contributed by atoms with Crippen LogP contribution in [0.15, 0.2) is 24.3 Å². The van der Waals surface area contributed by atoms with Gasteiger partial charge in [-0.15, -0.1) is 10.2 Å². The Labute approximate surface area is 142 Å². The van der Waals surface area contributed by atoms with Gasteiger partial charge in [-0.3, -0.25) is 4.79 Å². The van der Waals surface area contributed by atoms with Gasteiger partial charge < -0.3 is 4.90 Å². The lowest BCUT2D eigenvalue weighted by Crippen LogP contribution is -2.36. The maximum Gasteiger partial charge on any atom is 0.246 e. The second-order valence-electron chi connectivity index (χ2n) is 6.34. The molecule has 0 bridgehead atoms. The number of hydrogen-bond donors (Lipinski definition) is 0. The van der Waals surface area contributed by atoms with Crippen molar-refractivity contribution in [3.63, 3.8) is 0 Å². The molecule has 0 aliphatic carbocycles. The quantitative estimate of drug-likeness (QED) is 0.866. The number of tetrazole rings is 1. The summed E-state index contributed by atoms with van der Waals surface area (Å²) in [5.41, 5.74) is 2.20. The molecule has 1 amide bonds. The van der Waals surface area contributed by atoms with Crippen LogP contribution in [0.4, 0.5) is 0 Å². The van der Waals surface area contributed by atoms with Gasteiger partial charge in [0, 0.05) is 18.7 Å². The third-order valence-electron chi connectivity index (χ3n) is 4.56. The minimum absolute atomic E-state index is 0.0854. The van der Waals surface area contributed by atoms with E-state index in [2.05, 4.69) is 34.5 Å². The number of likely N-dealkylation sites (tertiary alicyclic amines) is 1. The summed E-state index contributed by atoms with van der Waals surface area (Å²) in [6.45, 7) is 3.98. The van der Waals surface area contributed by atoms with Crippen LogP contribution in [0, 0.1) is 0 Å². The Morgan fingerprint density at radius 3 is 2.38 bits per heavy atom. The van der Waals surface area contributed by atoms with Crippen LogP contribution in [0.1, 0.15) is 44.6 Å². The van der Waals surface area contributed by atoms with Crippen molar-refractivity contribution in [2.45, 2.75) is 52.0 Å². The topological polar surface area (TPSA) is 63.9 Å². The van der Waals surface area contributed by atoms with Gasteiger partial charge in [0.2, 0.25) is 11.7 Å². The molecule has 2 aromatic rings. The van der Waals surface area contributed by atoms with Crippen LogP contribution < -0.4 is 0 Å². The number of carbonyl (C=O) groups is 1. The summed E-state index contributed by atoms with van der Waals surface area (Å²) in [5.74, 6) is 0.653. The van der Waals surface area contributed by atoms with E-state index in [9.17, 15) is 4.79 Å². The fourth-order valence-corrected chi connectivity index (χ4v) is 3.03. The maximum atomic E-state index is 12.5. The predicted octanol–water partition coefficient (Wildman–Crippen LogP) is 2.70. The highest BCUT2D eigenvalue weighted by Gasteiger charge is 2.17. The first-order valence-electron chi connectivity index (χ1n) is 8.91. The van der Waals surface area contributed by atoms with E-state index in [0.29, 0.717) is 5.82 Å². The predicted molar refractivity (Wildman–Crippen MR) is 92.3 cm³/mol. The number of benzene rings is 1. The zero-order chi connectivity index (χ0) is 16.8. The summed E-state index contributed by atoms with van der Waals surface area (Å²) in [6.07, 6.45) is 6.89. The highest BCUT2D eigenvalue weighted by atomic mass is 16.2. The van der Waals surface area contributed by atoms with E-state index in [0.717, 1.165) is 37.9 Å². The highest BCUT2D eigenvalue weighted by Crippen LogP contribution is 2.15. The molecule has 1 aliphatic heterocycles. The molecule has 6 heteroatoms. The van der Waals surface area contributed by atoms with E-state index in [1.54, 1.807) is 0 Å². The molecule has 0 N–H and O–H groups in total. The third-order valence-corrected chi connectivity index (χ3v) is 4.56. The molecule has 6 nitrogen and oxygen atoms in total. The Balaban J connectivity index is 1.63. The summed E-state index contributed by atoms with van der Waals surface area (Å²) in [6, 6.07) is 8.14. The van der Waals surface area contributed by atoms with Crippen molar-refractivity contribution in [3.8, 4) is 11.4 Å². The Bertz CT molecular complexity index is 656. The number of amides is 1. The number of carbonyl (C=O) groups excluding carboxylic acids is 1. The molecule has 1 aromatic carbocycles. The van der Waals surface area contributed by atoms with Crippen LogP contribution in [-0.4, -0.2) is 44.1 Å². The molecule has 128 valence electrons. The normalized spacial score (nSPS) is 15.8. The van der Waals surface area contributed by atoms with Gasteiger partial charge in [-0.1, -0.05) is 50.5 Å². The zero-order valence-electron chi connectivity index (χ0n) is 14.3. The van der Waals surface area contributed by atoms with Crippen LogP contribution in [0.2, 0.25) is 0 Å². The van der Waals surface area contributed by atoms with Crippen molar-refractivity contribution in [2.24, 2.45) is 0 Å². The minimum Gasteiger partial charge on any atom is -0.341 e. The highest BCUT2D eigenvalue weighted by molar-refractivity contribution is 5.75. The Morgan fingerprint density at radius 1 is 1.04 bits per heavy atom. The van der Waals surface area contributed by atoms with Crippen molar-refractivity contribution >= 4 is 5.91 Å². The molecule has 24 heavy (non-hydrogen) atoms. The maximum absolute atomic E-state index is 12.5. The molecule has 1 saturated heterocycles. The summed E-state index contributed by atoms with van der Waals surface area (Å²) in [4.78, 5) is 15.8. The lowest BCUT2D eigenvalue weighted by Gasteiger charge is -2.24. The Hall–Kier alpha value is -2.24. The smallest absolute Gasteiger partial charge is 0.246 e. The van der Waals surface area contributed by atoms with E-state index < -0.39 is 0 Å². The molecular formula is C18H25N5O. The number of nitrogens with zero attached hydrogens (tertiary/aromatic N) is 5.